The minimum absolute atomic E-state index is 0.00318. The Hall–Kier alpha value is -1.95. The summed E-state index contributed by atoms with van der Waals surface area (Å²) in [6.07, 6.45) is 8.07. The number of carbonyl (C=O) groups excluding carboxylic acids is 1. The topological polar surface area (TPSA) is 41.6 Å². The maximum absolute atomic E-state index is 12.1. The molecule has 1 aromatic carbocycles. The molecule has 0 atom stereocenters. The van der Waals surface area contributed by atoms with Crippen LogP contribution >= 0.6 is 0 Å². The molecule has 0 unspecified atom stereocenters. The smallest absolute Gasteiger partial charge is 0.387 e. The summed E-state index contributed by atoms with van der Waals surface area (Å²) in [5.74, 6) is 0.132. The van der Waals surface area contributed by atoms with Crippen LogP contribution < -0.4 is 10.1 Å². The van der Waals surface area contributed by atoms with Crippen LogP contribution in [0.5, 0.6) is 5.75 Å². The highest BCUT2D eigenvalue weighted by molar-refractivity contribution is 5.77. The Kier molecular flexibility index (Phi) is 7.85. The third-order valence-electron chi connectivity index (χ3n) is 4.17. The van der Waals surface area contributed by atoms with Crippen molar-refractivity contribution in [3.05, 3.63) is 41.5 Å². The lowest BCUT2D eigenvalue weighted by Crippen LogP contribution is -2.35. The van der Waals surface area contributed by atoms with Crippen LogP contribution in [0.15, 0.2) is 35.9 Å². The number of allylic oxidation sites excluding steroid dienone is 1. The minimum Gasteiger partial charge on any atom is -0.435 e. The van der Waals surface area contributed by atoms with Crippen molar-refractivity contribution in [1.82, 2.24) is 10.2 Å². The lowest BCUT2D eigenvalue weighted by atomic mass is 9.97. The van der Waals surface area contributed by atoms with E-state index < -0.39 is 6.61 Å². The highest BCUT2D eigenvalue weighted by atomic mass is 19.3. The summed E-state index contributed by atoms with van der Waals surface area (Å²) < 4.78 is 28.6. The summed E-state index contributed by atoms with van der Waals surface area (Å²) in [7, 11) is 1.85. The van der Waals surface area contributed by atoms with Crippen molar-refractivity contribution in [2.75, 3.05) is 20.1 Å². The molecular weight excluding hydrogens is 326 g/mol. The van der Waals surface area contributed by atoms with Crippen LogP contribution in [0.2, 0.25) is 0 Å². The molecule has 0 aliphatic heterocycles. The number of benzene rings is 1. The van der Waals surface area contributed by atoms with Crippen molar-refractivity contribution in [2.45, 2.75) is 45.3 Å². The van der Waals surface area contributed by atoms with Crippen molar-refractivity contribution in [2.24, 2.45) is 0 Å². The van der Waals surface area contributed by atoms with Gasteiger partial charge in [-0.3, -0.25) is 9.69 Å². The molecule has 25 heavy (non-hydrogen) atoms. The van der Waals surface area contributed by atoms with E-state index in [2.05, 4.69) is 16.1 Å². The predicted octanol–water partition coefficient (Wildman–Crippen LogP) is 3.73. The number of alkyl halides is 2. The molecule has 0 heterocycles. The zero-order valence-corrected chi connectivity index (χ0v) is 14.6. The third-order valence-corrected chi connectivity index (χ3v) is 4.17. The molecule has 0 aromatic heterocycles. The summed E-state index contributed by atoms with van der Waals surface area (Å²) in [4.78, 5) is 13.9. The Bertz CT molecular complexity index is 573. The minimum atomic E-state index is -2.82. The number of nitrogens with zero attached hydrogens (tertiary/aromatic N) is 1. The van der Waals surface area contributed by atoms with Gasteiger partial charge in [-0.05, 0) is 56.8 Å². The fraction of sp³-hybridized carbons (Fsp3) is 0.526. The lowest BCUT2D eigenvalue weighted by Gasteiger charge is -2.17. The van der Waals surface area contributed by atoms with E-state index in [1.54, 1.807) is 12.1 Å². The molecule has 1 aromatic rings. The molecule has 6 heteroatoms. The maximum atomic E-state index is 12.1. The van der Waals surface area contributed by atoms with Crippen LogP contribution in [-0.2, 0) is 11.3 Å². The van der Waals surface area contributed by atoms with Crippen LogP contribution in [0.1, 0.15) is 37.7 Å². The monoisotopic (exact) mass is 352 g/mol. The summed E-state index contributed by atoms with van der Waals surface area (Å²) in [5, 5.41) is 2.95. The van der Waals surface area contributed by atoms with Gasteiger partial charge in [0.15, 0.2) is 0 Å². The number of hydrogen-bond donors (Lipinski definition) is 1. The van der Waals surface area contributed by atoms with Crippen molar-refractivity contribution in [1.29, 1.82) is 0 Å². The Balaban J connectivity index is 1.67. The largest absolute Gasteiger partial charge is 0.435 e. The van der Waals surface area contributed by atoms with E-state index in [0.717, 1.165) is 24.8 Å². The van der Waals surface area contributed by atoms with E-state index in [1.165, 1.54) is 30.5 Å². The van der Waals surface area contributed by atoms with Crippen molar-refractivity contribution in [3.63, 3.8) is 0 Å². The average Bonchev–Trinajstić information content (AvgIpc) is 2.57. The molecular formula is C19H26F2N2O2. The van der Waals surface area contributed by atoms with E-state index in [9.17, 15) is 13.6 Å². The summed E-state index contributed by atoms with van der Waals surface area (Å²) in [5.41, 5.74) is 2.38. The number of likely N-dealkylation sites (N-methyl/N-ethyl adjacent to an activating group) is 1. The Morgan fingerprint density at radius 2 is 2.04 bits per heavy atom. The molecule has 0 fully saturated rings. The zero-order valence-electron chi connectivity index (χ0n) is 14.6. The normalized spacial score (nSPS) is 14.5. The molecule has 0 saturated heterocycles. The molecule has 1 aliphatic carbocycles. The Labute approximate surface area is 147 Å². The van der Waals surface area contributed by atoms with Gasteiger partial charge < -0.3 is 10.1 Å². The number of ether oxygens (including phenoxy) is 1. The zero-order chi connectivity index (χ0) is 18.1. The molecule has 1 amide bonds. The lowest BCUT2D eigenvalue weighted by molar-refractivity contribution is -0.122. The van der Waals surface area contributed by atoms with Crippen LogP contribution in [0.3, 0.4) is 0 Å². The quantitative estimate of drug-likeness (QED) is 0.689. The van der Waals surface area contributed by atoms with E-state index in [1.807, 2.05) is 11.9 Å². The second-order valence-electron chi connectivity index (χ2n) is 6.40. The molecule has 0 bridgehead atoms. The molecule has 2 rings (SSSR count). The van der Waals surface area contributed by atoms with Crippen LogP contribution in [-0.4, -0.2) is 37.6 Å². The van der Waals surface area contributed by atoms with Gasteiger partial charge in [-0.2, -0.15) is 8.78 Å². The standard InChI is InChI=1S/C19H26F2N2O2/c1-23(13-16-7-9-17(10-8-16)25-19(20)21)14-18(24)22-12-11-15-5-3-2-4-6-15/h5,7-10,19H,2-4,6,11-14H2,1H3,(H,22,24). The van der Waals surface area contributed by atoms with Crippen LogP contribution in [0.4, 0.5) is 8.78 Å². The predicted molar refractivity (Wildman–Crippen MR) is 93.6 cm³/mol. The van der Waals surface area contributed by atoms with Crippen LogP contribution in [0.25, 0.3) is 0 Å². The fourth-order valence-electron chi connectivity index (χ4n) is 2.94. The number of halogens is 2. The van der Waals surface area contributed by atoms with Gasteiger partial charge in [0, 0.05) is 13.1 Å². The van der Waals surface area contributed by atoms with Gasteiger partial charge in [-0.15, -0.1) is 0 Å². The molecule has 0 spiro atoms. The molecule has 138 valence electrons. The van der Waals surface area contributed by atoms with E-state index >= 15 is 0 Å². The first-order valence-electron chi connectivity index (χ1n) is 8.70. The first-order valence-corrected chi connectivity index (χ1v) is 8.70. The Morgan fingerprint density at radius 1 is 1.28 bits per heavy atom. The van der Waals surface area contributed by atoms with Crippen molar-refractivity contribution >= 4 is 5.91 Å². The molecule has 0 saturated carbocycles. The van der Waals surface area contributed by atoms with Gasteiger partial charge in [0.25, 0.3) is 0 Å². The second kappa shape index (κ2) is 10.1. The highest BCUT2D eigenvalue weighted by Gasteiger charge is 2.09. The average molecular weight is 352 g/mol. The molecule has 1 aliphatic rings. The van der Waals surface area contributed by atoms with Gasteiger partial charge in [-0.1, -0.05) is 23.8 Å². The van der Waals surface area contributed by atoms with Gasteiger partial charge in [0.2, 0.25) is 5.91 Å². The molecule has 0 radical (unpaired) electrons. The summed E-state index contributed by atoms with van der Waals surface area (Å²) in [6, 6.07) is 6.46. The van der Waals surface area contributed by atoms with E-state index in [0.29, 0.717) is 19.6 Å². The van der Waals surface area contributed by atoms with Gasteiger partial charge in [0.1, 0.15) is 5.75 Å². The highest BCUT2D eigenvalue weighted by Crippen LogP contribution is 2.19. The third kappa shape index (κ3) is 7.65. The fourth-order valence-corrected chi connectivity index (χ4v) is 2.94. The van der Waals surface area contributed by atoms with Crippen molar-refractivity contribution < 1.29 is 18.3 Å². The van der Waals surface area contributed by atoms with E-state index in [-0.39, 0.29) is 11.7 Å². The first kappa shape index (κ1) is 19.4. The SMILES string of the molecule is CN(CC(=O)NCCC1=CCCCC1)Cc1ccc(OC(F)F)cc1. The number of nitrogens with one attached hydrogen (secondary N) is 1. The summed E-state index contributed by atoms with van der Waals surface area (Å²) in [6.45, 7) is -1.28. The maximum Gasteiger partial charge on any atom is 0.387 e. The first-order chi connectivity index (χ1) is 12.0. The molecule has 4 nitrogen and oxygen atoms in total. The number of amides is 1. The molecule has 1 N–H and O–H groups in total. The summed E-state index contributed by atoms with van der Waals surface area (Å²) >= 11 is 0. The van der Waals surface area contributed by atoms with Gasteiger partial charge >= 0.3 is 6.61 Å². The van der Waals surface area contributed by atoms with Gasteiger partial charge in [-0.25, -0.2) is 0 Å². The van der Waals surface area contributed by atoms with Crippen LogP contribution in [0, 0.1) is 0 Å². The second-order valence-corrected chi connectivity index (χ2v) is 6.40. The van der Waals surface area contributed by atoms with Gasteiger partial charge in [0.05, 0.1) is 6.54 Å². The van der Waals surface area contributed by atoms with E-state index in [4.69, 9.17) is 0 Å². The number of hydrogen-bond acceptors (Lipinski definition) is 3. The number of carbonyl (C=O) groups is 1. The van der Waals surface area contributed by atoms with Crippen molar-refractivity contribution in [3.8, 4) is 5.75 Å². The number of rotatable bonds is 9. The Morgan fingerprint density at radius 3 is 2.68 bits per heavy atom.